The van der Waals surface area contributed by atoms with Gasteiger partial charge in [-0.3, -0.25) is 4.79 Å². The van der Waals surface area contributed by atoms with Crippen molar-refractivity contribution in [3.05, 3.63) is 90.5 Å². The van der Waals surface area contributed by atoms with Gasteiger partial charge in [-0.2, -0.15) is 0 Å². The van der Waals surface area contributed by atoms with E-state index >= 15 is 0 Å². The van der Waals surface area contributed by atoms with Crippen molar-refractivity contribution in [1.29, 1.82) is 0 Å². The van der Waals surface area contributed by atoms with Crippen LogP contribution >= 0.6 is 0 Å². The molecule has 1 atom stereocenters. The maximum atomic E-state index is 12.2. The van der Waals surface area contributed by atoms with Crippen LogP contribution in [0.25, 0.3) is 11.1 Å². The van der Waals surface area contributed by atoms with Gasteiger partial charge >= 0.3 is 0 Å². The number of carbonyl (C=O) groups is 1. The first kappa shape index (κ1) is 16.8. The Hall–Kier alpha value is -3.07. The predicted octanol–water partition coefficient (Wildman–Crippen LogP) is 4.61. The molecule has 3 aromatic rings. The molecule has 126 valence electrons. The van der Waals surface area contributed by atoms with E-state index in [4.69, 9.17) is 4.74 Å². The third kappa shape index (κ3) is 4.48. The highest BCUT2D eigenvalue weighted by molar-refractivity contribution is 5.78. The van der Waals surface area contributed by atoms with E-state index in [-0.39, 0.29) is 18.6 Å². The highest BCUT2D eigenvalue weighted by Crippen LogP contribution is 2.29. The average molecular weight is 331 g/mol. The van der Waals surface area contributed by atoms with Gasteiger partial charge < -0.3 is 10.1 Å². The molecule has 0 heterocycles. The van der Waals surface area contributed by atoms with Crippen LogP contribution < -0.4 is 10.1 Å². The van der Waals surface area contributed by atoms with Crippen LogP contribution in [0.1, 0.15) is 18.5 Å². The van der Waals surface area contributed by atoms with Crippen LogP contribution in [0.2, 0.25) is 0 Å². The third-order valence-corrected chi connectivity index (χ3v) is 4.01. The van der Waals surface area contributed by atoms with Crippen molar-refractivity contribution in [2.45, 2.75) is 13.0 Å². The first-order valence-electron chi connectivity index (χ1n) is 8.35. The molecule has 0 aliphatic heterocycles. The normalized spacial score (nSPS) is 11.6. The fraction of sp³-hybridized carbons (Fsp3) is 0.136. The number of hydrogen-bond donors (Lipinski definition) is 1. The third-order valence-electron chi connectivity index (χ3n) is 4.01. The number of hydrogen-bond acceptors (Lipinski definition) is 2. The SMILES string of the molecule is C[C@H](NC(=O)COc1ccccc1-c1ccccc1)c1ccccc1. The molecule has 0 saturated carbocycles. The topological polar surface area (TPSA) is 38.3 Å². The maximum Gasteiger partial charge on any atom is 0.258 e. The van der Waals surface area contributed by atoms with Gasteiger partial charge in [-0.15, -0.1) is 0 Å². The molecule has 3 aromatic carbocycles. The van der Waals surface area contributed by atoms with Crippen molar-refractivity contribution in [2.24, 2.45) is 0 Å². The molecule has 0 aliphatic carbocycles. The highest BCUT2D eigenvalue weighted by atomic mass is 16.5. The summed E-state index contributed by atoms with van der Waals surface area (Å²) >= 11 is 0. The van der Waals surface area contributed by atoms with E-state index in [1.165, 1.54) is 0 Å². The fourth-order valence-electron chi connectivity index (χ4n) is 2.70. The number of para-hydroxylation sites is 1. The molecule has 0 aromatic heterocycles. The number of rotatable bonds is 6. The fourth-order valence-corrected chi connectivity index (χ4v) is 2.70. The van der Waals surface area contributed by atoms with Gasteiger partial charge in [-0.05, 0) is 24.1 Å². The Labute approximate surface area is 148 Å². The number of amides is 1. The van der Waals surface area contributed by atoms with Gasteiger partial charge in [-0.25, -0.2) is 0 Å². The number of ether oxygens (including phenoxy) is 1. The van der Waals surface area contributed by atoms with Gasteiger partial charge in [0.25, 0.3) is 5.91 Å². The first-order valence-corrected chi connectivity index (χ1v) is 8.35. The van der Waals surface area contributed by atoms with Crippen LogP contribution in [0.15, 0.2) is 84.9 Å². The summed E-state index contributed by atoms with van der Waals surface area (Å²) < 4.78 is 5.78. The van der Waals surface area contributed by atoms with Gasteiger partial charge in [0.2, 0.25) is 0 Å². The molecule has 0 fully saturated rings. The molecular formula is C22H21NO2. The molecule has 25 heavy (non-hydrogen) atoms. The van der Waals surface area contributed by atoms with Crippen LogP contribution in [0, 0.1) is 0 Å². The first-order chi connectivity index (χ1) is 12.2. The molecule has 0 aliphatic rings. The van der Waals surface area contributed by atoms with E-state index in [9.17, 15) is 4.79 Å². The Morgan fingerprint density at radius 3 is 2.20 bits per heavy atom. The van der Waals surface area contributed by atoms with Crippen molar-refractivity contribution in [3.8, 4) is 16.9 Å². The summed E-state index contributed by atoms with van der Waals surface area (Å²) in [6, 6.07) is 27.6. The zero-order valence-corrected chi connectivity index (χ0v) is 14.2. The molecule has 1 N–H and O–H groups in total. The molecule has 0 bridgehead atoms. The zero-order valence-electron chi connectivity index (χ0n) is 14.2. The molecule has 0 spiro atoms. The number of nitrogens with one attached hydrogen (secondary N) is 1. The molecule has 0 saturated heterocycles. The van der Waals surface area contributed by atoms with Gasteiger partial charge in [0.1, 0.15) is 5.75 Å². The van der Waals surface area contributed by atoms with Crippen LogP contribution in [-0.2, 0) is 4.79 Å². The monoisotopic (exact) mass is 331 g/mol. The van der Waals surface area contributed by atoms with Crippen molar-refractivity contribution in [2.75, 3.05) is 6.61 Å². The highest BCUT2D eigenvalue weighted by Gasteiger charge is 2.11. The van der Waals surface area contributed by atoms with Crippen LogP contribution in [0.4, 0.5) is 0 Å². The van der Waals surface area contributed by atoms with Crippen LogP contribution in [-0.4, -0.2) is 12.5 Å². The molecule has 3 nitrogen and oxygen atoms in total. The summed E-state index contributed by atoms with van der Waals surface area (Å²) in [6.45, 7) is 1.95. The second-order valence-electron chi connectivity index (χ2n) is 5.85. The second kappa shape index (κ2) is 8.15. The lowest BCUT2D eigenvalue weighted by Crippen LogP contribution is -2.31. The van der Waals surface area contributed by atoms with Gasteiger partial charge in [-0.1, -0.05) is 78.9 Å². The summed E-state index contributed by atoms with van der Waals surface area (Å²) in [5.74, 6) is 0.565. The lowest BCUT2D eigenvalue weighted by molar-refractivity contribution is -0.123. The smallest absolute Gasteiger partial charge is 0.258 e. The van der Waals surface area contributed by atoms with E-state index in [0.717, 1.165) is 16.7 Å². The quantitative estimate of drug-likeness (QED) is 0.716. The Kier molecular flexibility index (Phi) is 5.47. The lowest BCUT2D eigenvalue weighted by Gasteiger charge is -2.15. The Balaban J connectivity index is 1.63. The second-order valence-corrected chi connectivity index (χ2v) is 5.85. The Bertz CT molecular complexity index is 816. The minimum absolute atomic E-state index is 0.0129. The Morgan fingerprint density at radius 2 is 1.48 bits per heavy atom. The van der Waals surface area contributed by atoms with E-state index in [2.05, 4.69) is 5.32 Å². The standard InChI is InChI=1S/C22H21NO2/c1-17(18-10-4-2-5-11-18)23-22(24)16-25-21-15-9-8-14-20(21)19-12-6-3-7-13-19/h2-15,17H,16H2,1H3,(H,23,24)/t17-/m0/s1. The van der Waals surface area contributed by atoms with E-state index < -0.39 is 0 Å². The molecule has 3 heteroatoms. The molecule has 3 rings (SSSR count). The summed E-state index contributed by atoms with van der Waals surface area (Å²) in [7, 11) is 0. The van der Waals surface area contributed by atoms with E-state index in [1.807, 2.05) is 91.9 Å². The van der Waals surface area contributed by atoms with Crippen molar-refractivity contribution >= 4 is 5.91 Å². The van der Waals surface area contributed by atoms with Gasteiger partial charge in [0.05, 0.1) is 6.04 Å². The maximum absolute atomic E-state index is 12.2. The van der Waals surface area contributed by atoms with Crippen LogP contribution in [0.5, 0.6) is 5.75 Å². The minimum Gasteiger partial charge on any atom is -0.483 e. The lowest BCUT2D eigenvalue weighted by atomic mass is 10.1. The summed E-state index contributed by atoms with van der Waals surface area (Å²) in [4.78, 5) is 12.2. The van der Waals surface area contributed by atoms with Crippen molar-refractivity contribution in [1.82, 2.24) is 5.32 Å². The summed E-state index contributed by atoms with van der Waals surface area (Å²) in [5, 5.41) is 2.96. The molecular weight excluding hydrogens is 310 g/mol. The predicted molar refractivity (Wildman–Crippen MR) is 100 cm³/mol. The summed E-state index contributed by atoms with van der Waals surface area (Å²) in [6.07, 6.45) is 0. The number of carbonyl (C=O) groups excluding carboxylic acids is 1. The largest absolute Gasteiger partial charge is 0.483 e. The average Bonchev–Trinajstić information content (AvgIpc) is 2.68. The number of benzene rings is 3. The van der Waals surface area contributed by atoms with Gasteiger partial charge in [0.15, 0.2) is 6.61 Å². The Morgan fingerprint density at radius 1 is 0.880 bits per heavy atom. The molecule has 0 radical (unpaired) electrons. The zero-order chi connectivity index (χ0) is 17.5. The minimum atomic E-state index is -0.140. The van der Waals surface area contributed by atoms with E-state index in [0.29, 0.717) is 5.75 Å². The van der Waals surface area contributed by atoms with Crippen molar-refractivity contribution in [3.63, 3.8) is 0 Å². The van der Waals surface area contributed by atoms with E-state index in [1.54, 1.807) is 0 Å². The summed E-state index contributed by atoms with van der Waals surface area (Å²) in [5.41, 5.74) is 3.11. The molecule has 0 unspecified atom stereocenters. The van der Waals surface area contributed by atoms with Crippen LogP contribution in [0.3, 0.4) is 0 Å². The van der Waals surface area contributed by atoms with Gasteiger partial charge in [0, 0.05) is 5.56 Å². The van der Waals surface area contributed by atoms with Crippen molar-refractivity contribution < 1.29 is 9.53 Å². The molecule has 1 amide bonds.